The molecule has 2 aromatic rings. The van der Waals surface area contributed by atoms with E-state index in [1.165, 1.54) is 6.08 Å². The highest BCUT2D eigenvalue weighted by atomic mass is 16.3. The van der Waals surface area contributed by atoms with Gasteiger partial charge in [-0.15, -0.1) is 0 Å². The van der Waals surface area contributed by atoms with Crippen LogP contribution in [0.3, 0.4) is 0 Å². The number of aromatic nitrogens is 1. The molecule has 0 saturated carbocycles. The Morgan fingerprint density at radius 1 is 1.42 bits per heavy atom. The summed E-state index contributed by atoms with van der Waals surface area (Å²) in [7, 11) is 0. The van der Waals surface area contributed by atoms with Crippen molar-refractivity contribution in [2.24, 2.45) is 0 Å². The van der Waals surface area contributed by atoms with E-state index in [-0.39, 0.29) is 11.9 Å². The molecule has 0 bridgehead atoms. The van der Waals surface area contributed by atoms with Gasteiger partial charge < -0.3 is 9.73 Å². The summed E-state index contributed by atoms with van der Waals surface area (Å²) in [6.45, 7) is 3.76. The van der Waals surface area contributed by atoms with Gasteiger partial charge in [-0.25, -0.2) is 0 Å². The van der Waals surface area contributed by atoms with Gasteiger partial charge in [0.15, 0.2) is 0 Å². The lowest BCUT2D eigenvalue weighted by molar-refractivity contribution is -0.117. The van der Waals surface area contributed by atoms with E-state index in [1.807, 2.05) is 38.1 Å². The monoisotopic (exact) mass is 256 g/mol. The third kappa shape index (κ3) is 3.81. The average Bonchev–Trinajstić information content (AvgIpc) is 2.84. The summed E-state index contributed by atoms with van der Waals surface area (Å²) in [5, 5.41) is 2.84. The Bertz CT molecular complexity index is 573. The Morgan fingerprint density at radius 3 is 2.89 bits per heavy atom. The van der Waals surface area contributed by atoms with Crippen LogP contribution in [0.25, 0.3) is 6.08 Å². The molecular formula is C15H16N2O2. The number of hydrogen-bond donors (Lipinski definition) is 1. The highest BCUT2D eigenvalue weighted by Crippen LogP contribution is 2.15. The third-order valence-corrected chi connectivity index (χ3v) is 2.66. The van der Waals surface area contributed by atoms with Crippen molar-refractivity contribution in [3.05, 3.63) is 59.8 Å². The quantitative estimate of drug-likeness (QED) is 0.856. The van der Waals surface area contributed by atoms with Crippen molar-refractivity contribution in [1.29, 1.82) is 0 Å². The van der Waals surface area contributed by atoms with Crippen molar-refractivity contribution < 1.29 is 9.21 Å². The molecule has 0 aliphatic heterocycles. The highest BCUT2D eigenvalue weighted by molar-refractivity contribution is 5.91. The van der Waals surface area contributed by atoms with Gasteiger partial charge in [-0.1, -0.05) is 6.07 Å². The first-order chi connectivity index (χ1) is 9.15. The standard InChI is InChI=1S/C15H16N2O2/c1-11-5-7-14(19-11)12(2)17-15(18)8-6-13-4-3-9-16-10-13/h3-10,12H,1-2H3,(H,17,18). The fraction of sp³-hybridized carbons (Fsp3) is 0.200. The molecule has 1 atom stereocenters. The fourth-order valence-electron chi connectivity index (χ4n) is 1.67. The number of furan rings is 1. The van der Waals surface area contributed by atoms with E-state index < -0.39 is 0 Å². The van der Waals surface area contributed by atoms with Crippen molar-refractivity contribution in [3.8, 4) is 0 Å². The maximum absolute atomic E-state index is 11.7. The smallest absolute Gasteiger partial charge is 0.244 e. The fourth-order valence-corrected chi connectivity index (χ4v) is 1.67. The molecule has 98 valence electrons. The number of carbonyl (C=O) groups excluding carboxylic acids is 1. The molecule has 0 aliphatic rings. The van der Waals surface area contributed by atoms with E-state index in [2.05, 4.69) is 10.3 Å². The predicted molar refractivity (Wildman–Crippen MR) is 73.3 cm³/mol. The van der Waals surface area contributed by atoms with Crippen LogP contribution in [0, 0.1) is 6.92 Å². The zero-order chi connectivity index (χ0) is 13.7. The topological polar surface area (TPSA) is 55.1 Å². The van der Waals surface area contributed by atoms with Crippen LogP contribution in [0.5, 0.6) is 0 Å². The molecule has 1 amide bonds. The SMILES string of the molecule is Cc1ccc(C(C)NC(=O)C=Cc2cccnc2)o1. The van der Waals surface area contributed by atoms with E-state index >= 15 is 0 Å². The second-order valence-corrected chi connectivity index (χ2v) is 4.30. The lowest BCUT2D eigenvalue weighted by Gasteiger charge is -2.09. The Kier molecular flexibility index (Phi) is 4.13. The summed E-state index contributed by atoms with van der Waals surface area (Å²) in [6.07, 6.45) is 6.60. The van der Waals surface area contributed by atoms with Crippen molar-refractivity contribution in [3.63, 3.8) is 0 Å². The Labute approximate surface area is 112 Å². The van der Waals surface area contributed by atoms with E-state index in [1.54, 1.807) is 18.5 Å². The molecule has 4 heteroatoms. The summed E-state index contributed by atoms with van der Waals surface area (Å²) in [5.41, 5.74) is 0.888. The minimum absolute atomic E-state index is 0.153. The van der Waals surface area contributed by atoms with E-state index in [0.29, 0.717) is 0 Å². The number of rotatable bonds is 4. The predicted octanol–water partition coefficient (Wildman–Crippen LogP) is 2.87. The van der Waals surface area contributed by atoms with E-state index in [9.17, 15) is 4.79 Å². The van der Waals surface area contributed by atoms with Gasteiger partial charge >= 0.3 is 0 Å². The summed E-state index contributed by atoms with van der Waals surface area (Å²) in [4.78, 5) is 15.7. The molecule has 0 spiro atoms. The largest absolute Gasteiger partial charge is 0.464 e. The molecule has 2 rings (SSSR count). The summed E-state index contributed by atoms with van der Waals surface area (Å²) >= 11 is 0. The molecule has 2 aromatic heterocycles. The van der Waals surface area contributed by atoms with Crippen LogP contribution in [0.2, 0.25) is 0 Å². The van der Waals surface area contributed by atoms with Gasteiger partial charge in [0, 0.05) is 18.5 Å². The van der Waals surface area contributed by atoms with Gasteiger partial charge in [-0.05, 0) is 43.7 Å². The highest BCUT2D eigenvalue weighted by Gasteiger charge is 2.10. The van der Waals surface area contributed by atoms with Crippen LogP contribution in [0.1, 0.15) is 30.0 Å². The lowest BCUT2D eigenvalue weighted by Crippen LogP contribution is -2.24. The zero-order valence-corrected chi connectivity index (χ0v) is 11.0. The first-order valence-corrected chi connectivity index (χ1v) is 6.10. The summed E-state index contributed by atoms with van der Waals surface area (Å²) < 4.78 is 5.46. The number of pyridine rings is 1. The maximum atomic E-state index is 11.7. The van der Waals surface area contributed by atoms with Gasteiger partial charge in [0.2, 0.25) is 5.91 Å². The molecule has 2 heterocycles. The number of aryl methyl sites for hydroxylation is 1. The summed E-state index contributed by atoms with van der Waals surface area (Å²) in [5.74, 6) is 1.42. The number of nitrogens with zero attached hydrogens (tertiary/aromatic N) is 1. The molecule has 0 aromatic carbocycles. The molecule has 0 aliphatic carbocycles. The minimum Gasteiger partial charge on any atom is -0.464 e. The number of amides is 1. The normalized spacial score (nSPS) is 12.5. The zero-order valence-electron chi connectivity index (χ0n) is 11.0. The maximum Gasteiger partial charge on any atom is 0.244 e. The van der Waals surface area contributed by atoms with Crippen LogP contribution in [0.4, 0.5) is 0 Å². The van der Waals surface area contributed by atoms with Crippen LogP contribution in [0.15, 0.2) is 47.2 Å². The van der Waals surface area contributed by atoms with Crippen molar-refractivity contribution >= 4 is 12.0 Å². The first-order valence-electron chi connectivity index (χ1n) is 6.10. The van der Waals surface area contributed by atoms with Gasteiger partial charge in [0.1, 0.15) is 11.5 Å². The van der Waals surface area contributed by atoms with Gasteiger partial charge in [-0.3, -0.25) is 9.78 Å². The number of nitrogens with one attached hydrogen (secondary N) is 1. The van der Waals surface area contributed by atoms with Gasteiger partial charge in [-0.2, -0.15) is 0 Å². The second-order valence-electron chi connectivity index (χ2n) is 4.30. The molecule has 0 radical (unpaired) electrons. The second kappa shape index (κ2) is 6.00. The Balaban J connectivity index is 1.93. The van der Waals surface area contributed by atoms with Crippen molar-refractivity contribution in [1.82, 2.24) is 10.3 Å². The molecule has 1 unspecified atom stereocenters. The minimum atomic E-state index is -0.162. The molecule has 4 nitrogen and oxygen atoms in total. The van der Waals surface area contributed by atoms with Crippen LogP contribution >= 0.6 is 0 Å². The Morgan fingerprint density at radius 2 is 2.26 bits per heavy atom. The van der Waals surface area contributed by atoms with Crippen LogP contribution in [-0.2, 0) is 4.79 Å². The van der Waals surface area contributed by atoms with Crippen LogP contribution < -0.4 is 5.32 Å². The average molecular weight is 256 g/mol. The van der Waals surface area contributed by atoms with Gasteiger partial charge in [0.05, 0.1) is 6.04 Å². The van der Waals surface area contributed by atoms with Gasteiger partial charge in [0.25, 0.3) is 0 Å². The van der Waals surface area contributed by atoms with Crippen LogP contribution in [-0.4, -0.2) is 10.9 Å². The molecule has 0 saturated heterocycles. The molecule has 1 N–H and O–H groups in total. The molecular weight excluding hydrogens is 240 g/mol. The van der Waals surface area contributed by atoms with E-state index in [0.717, 1.165) is 17.1 Å². The first kappa shape index (κ1) is 13.1. The third-order valence-electron chi connectivity index (χ3n) is 2.66. The van der Waals surface area contributed by atoms with E-state index in [4.69, 9.17) is 4.42 Å². The lowest BCUT2D eigenvalue weighted by atomic mass is 10.2. The summed E-state index contributed by atoms with van der Waals surface area (Å²) in [6, 6.07) is 7.30. The molecule has 19 heavy (non-hydrogen) atoms. The van der Waals surface area contributed by atoms with Crippen molar-refractivity contribution in [2.75, 3.05) is 0 Å². The number of hydrogen-bond acceptors (Lipinski definition) is 3. The molecule has 0 fully saturated rings. The van der Waals surface area contributed by atoms with Crippen molar-refractivity contribution in [2.45, 2.75) is 19.9 Å². The Hall–Kier alpha value is -2.36. The number of carbonyl (C=O) groups is 1.